The molecule has 0 spiro atoms. The van der Waals surface area contributed by atoms with Crippen molar-refractivity contribution in [3.8, 4) is 0 Å². The molecule has 0 aromatic heterocycles. The molecule has 0 amide bonds. The number of hydrogen-bond acceptors (Lipinski definition) is 0. The van der Waals surface area contributed by atoms with Crippen LogP contribution in [0, 0.1) is 6.92 Å². The molecular formula is C9H13NSc-2. The van der Waals surface area contributed by atoms with Crippen molar-refractivity contribution in [1.29, 1.82) is 0 Å². The van der Waals surface area contributed by atoms with Gasteiger partial charge in [0.15, 0.2) is 0 Å². The predicted octanol–water partition coefficient (Wildman–Crippen LogP) is 2.49. The van der Waals surface area contributed by atoms with Crippen molar-refractivity contribution in [2.24, 2.45) is 0 Å². The van der Waals surface area contributed by atoms with Crippen molar-refractivity contribution in [3.05, 3.63) is 48.1 Å². The Labute approximate surface area is 88.0 Å². The van der Waals surface area contributed by atoms with Gasteiger partial charge in [-0.3, -0.25) is 0 Å². The zero-order valence-corrected chi connectivity index (χ0v) is 8.92. The Morgan fingerprint density at radius 1 is 1.09 bits per heavy atom. The molecule has 1 aromatic carbocycles. The van der Waals surface area contributed by atoms with Crippen LogP contribution in [0.3, 0.4) is 0 Å². The number of rotatable bonds is 0. The Balaban J connectivity index is 0. The average Bonchev–Trinajstić information content (AvgIpc) is 1.91. The van der Waals surface area contributed by atoms with Gasteiger partial charge in [0.25, 0.3) is 0 Å². The standard InChI is InChI=1S/C7H7.C2H6N.Sc/c1-7-5-3-2-4-6-7;1-3-2;/h2-6H,1H2;1-2H3;/q2*-1;. The van der Waals surface area contributed by atoms with Crippen molar-refractivity contribution < 1.29 is 25.8 Å². The molecule has 0 aliphatic carbocycles. The molecule has 1 aromatic rings. The smallest absolute Gasteiger partial charge is 0 e. The normalized spacial score (nSPS) is 7.09. The molecule has 0 saturated carbocycles. The van der Waals surface area contributed by atoms with Gasteiger partial charge in [0, 0.05) is 25.8 Å². The van der Waals surface area contributed by atoms with Crippen LogP contribution in [-0.4, -0.2) is 14.1 Å². The van der Waals surface area contributed by atoms with E-state index in [-0.39, 0.29) is 25.8 Å². The van der Waals surface area contributed by atoms with Gasteiger partial charge < -0.3 is 5.32 Å². The van der Waals surface area contributed by atoms with Crippen molar-refractivity contribution in [1.82, 2.24) is 0 Å². The van der Waals surface area contributed by atoms with E-state index in [4.69, 9.17) is 0 Å². The minimum atomic E-state index is 0. The molecule has 0 fully saturated rings. The first-order chi connectivity index (χ1) is 4.81. The van der Waals surface area contributed by atoms with Crippen LogP contribution in [-0.2, 0) is 25.8 Å². The van der Waals surface area contributed by atoms with Crippen LogP contribution >= 0.6 is 0 Å². The first kappa shape index (κ1) is 13.5. The second-order valence-corrected chi connectivity index (χ2v) is 1.93. The molecule has 11 heavy (non-hydrogen) atoms. The van der Waals surface area contributed by atoms with E-state index < -0.39 is 0 Å². The van der Waals surface area contributed by atoms with E-state index in [9.17, 15) is 0 Å². The van der Waals surface area contributed by atoms with Crippen molar-refractivity contribution >= 4 is 0 Å². The van der Waals surface area contributed by atoms with E-state index >= 15 is 0 Å². The van der Waals surface area contributed by atoms with Crippen LogP contribution in [0.4, 0.5) is 0 Å². The summed E-state index contributed by atoms with van der Waals surface area (Å²) in [6.45, 7) is 3.72. The first-order valence-electron chi connectivity index (χ1n) is 3.16. The summed E-state index contributed by atoms with van der Waals surface area (Å²) < 4.78 is 0. The van der Waals surface area contributed by atoms with Crippen molar-refractivity contribution in [3.63, 3.8) is 0 Å². The molecule has 0 bridgehead atoms. The zero-order chi connectivity index (χ0) is 7.82. The third-order valence-electron chi connectivity index (χ3n) is 0.843. The van der Waals surface area contributed by atoms with Crippen molar-refractivity contribution in [2.45, 2.75) is 0 Å². The minimum absolute atomic E-state index is 0. The van der Waals surface area contributed by atoms with Crippen LogP contribution in [0.15, 0.2) is 30.3 Å². The molecular weight excluding hydrogens is 167 g/mol. The Bertz CT molecular complexity index is 151. The third kappa shape index (κ3) is 9.92. The summed E-state index contributed by atoms with van der Waals surface area (Å²) in [6, 6.07) is 9.87. The molecule has 1 radical (unpaired) electrons. The summed E-state index contributed by atoms with van der Waals surface area (Å²) in [5.74, 6) is 0. The molecule has 0 saturated heterocycles. The SMILES string of the molecule is C[N-]C.[CH2-]c1ccccc1.[Sc]. The van der Waals surface area contributed by atoms with Crippen LogP contribution in [0.25, 0.3) is 5.32 Å². The van der Waals surface area contributed by atoms with Gasteiger partial charge in [0.1, 0.15) is 0 Å². The van der Waals surface area contributed by atoms with E-state index in [0.717, 1.165) is 5.56 Å². The molecule has 1 nitrogen and oxygen atoms in total. The Morgan fingerprint density at radius 2 is 1.45 bits per heavy atom. The van der Waals surface area contributed by atoms with Gasteiger partial charge >= 0.3 is 0 Å². The monoisotopic (exact) mass is 180 g/mol. The molecule has 0 N–H and O–H groups in total. The Morgan fingerprint density at radius 3 is 1.64 bits per heavy atom. The fraction of sp³-hybridized carbons (Fsp3) is 0.222. The van der Waals surface area contributed by atoms with E-state index in [1.165, 1.54) is 0 Å². The van der Waals surface area contributed by atoms with E-state index in [1.807, 2.05) is 30.3 Å². The maximum Gasteiger partial charge on any atom is 0 e. The maximum atomic E-state index is 3.72. The number of benzene rings is 1. The molecule has 0 aliphatic heterocycles. The van der Waals surface area contributed by atoms with Crippen LogP contribution in [0.5, 0.6) is 0 Å². The molecule has 2 heteroatoms. The van der Waals surface area contributed by atoms with E-state index in [2.05, 4.69) is 12.2 Å². The third-order valence-corrected chi connectivity index (χ3v) is 0.843. The molecule has 1 rings (SSSR count). The maximum absolute atomic E-state index is 3.72. The number of nitrogens with zero attached hydrogens (tertiary/aromatic N) is 1. The average molecular weight is 180 g/mol. The molecule has 0 heterocycles. The van der Waals surface area contributed by atoms with E-state index in [0.29, 0.717) is 0 Å². The van der Waals surface area contributed by atoms with Gasteiger partial charge in [0.2, 0.25) is 0 Å². The van der Waals surface area contributed by atoms with Crippen LogP contribution in [0.1, 0.15) is 5.56 Å². The second-order valence-electron chi connectivity index (χ2n) is 1.93. The largest absolute Gasteiger partial charge is 0.668 e. The first-order valence-corrected chi connectivity index (χ1v) is 3.16. The summed E-state index contributed by atoms with van der Waals surface area (Å²) in [6.07, 6.45) is 0. The fourth-order valence-electron chi connectivity index (χ4n) is 0.478. The van der Waals surface area contributed by atoms with Crippen LogP contribution < -0.4 is 0 Å². The summed E-state index contributed by atoms with van der Waals surface area (Å²) in [5, 5.41) is 3.50. The predicted molar refractivity (Wildman–Crippen MR) is 46.1 cm³/mol. The minimum Gasteiger partial charge on any atom is -0.668 e. The fourth-order valence-corrected chi connectivity index (χ4v) is 0.478. The van der Waals surface area contributed by atoms with Crippen molar-refractivity contribution in [2.75, 3.05) is 14.1 Å². The molecule has 0 atom stereocenters. The van der Waals surface area contributed by atoms with Gasteiger partial charge in [-0.05, 0) is 0 Å². The Hall–Kier alpha value is -0.0799. The zero-order valence-electron chi connectivity index (χ0n) is 7.12. The molecule has 0 unspecified atom stereocenters. The van der Waals surface area contributed by atoms with E-state index in [1.54, 1.807) is 14.1 Å². The summed E-state index contributed by atoms with van der Waals surface area (Å²) in [7, 11) is 3.50. The summed E-state index contributed by atoms with van der Waals surface area (Å²) in [4.78, 5) is 0. The van der Waals surface area contributed by atoms with Gasteiger partial charge in [-0.1, -0.05) is 6.07 Å². The molecule has 0 aliphatic rings. The topological polar surface area (TPSA) is 14.1 Å². The summed E-state index contributed by atoms with van der Waals surface area (Å²) >= 11 is 0. The van der Waals surface area contributed by atoms with Gasteiger partial charge in [-0.2, -0.15) is 38.7 Å². The van der Waals surface area contributed by atoms with Gasteiger partial charge in [-0.25, -0.2) is 0 Å². The summed E-state index contributed by atoms with van der Waals surface area (Å²) in [5.41, 5.74) is 1.07. The van der Waals surface area contributed by atoms with Gasteiger partial charge in [-0.15, -0.1) is 12.1 Å². The molecule has 59 valence electrons. The quantitative estimate of drug-likeness (QED) is 0.544. The van der Waals surface area contributed by atoms with Gasteiger partial charge in [0.05, 0.1) is 0 Å². The van der Waals surface area contributed by atoms with Crippen LogP contribution in [0.2, 0.25) is 0 Å². The number of hydrogen-bond donors (Lipinski definition) is 0. The second kappa shape index (κ2) is 9.92. The Kier molecular flexibility index (Phi) is 12.2.